The van der Waals surface area contributed by atoms with Crippen LogP contribution in [-0.4, -0.2) is 60.0 Å². The molecule has 3 heterocycles. The van der Waals surface area contributed by atoms with E-state index in [1.54, 1.807) is 6.07 Å². The molecule has 21 heavy (non-hydrogen) atoms. The number of piperazine rings is 1. The molecule has 0 aromatic carbocycles. The normalized spacial score (nSPS) is 19.2. The molecule has 1 aromatic heterocycles. The number of nitrogens with zero attached hydrogens (tertiary/aromatic N) is 4. The molecular weight excluding hydrogens is 274 g/mol. The molecule has 2 fully saturated rings. The van der Waals surface area contributed by atoms with Crippen LogP contribution in [-0.2, 0) is 4.79 Å². The van der Waals surface area contributed by atoms with E-state index in [0.717, 1.165) is 31.9 Å². The minimum absolute atomic E-state index is 0.137. The molecule has 112 valence electrons. The van der Waals surface area contributed by atoms with E-state index >= 15 is 0 Å². The number of nitrogens with one attached hydrogen (secondary N) is 1. The SMILES string of the molecule is O=C(C1CNC1)N1CCN(c2ccc([N+](=O)[O-])nc2)CC1. The largest absolute Gasteiger partial charge is 0.365 e. The summed E-state index contributed by atoms with van der Waals surface area (Å²) in [4.78, 5) is 30.0. The number of hydrogen-bond acceptors (Lipinski definition) is 6. The zero-order chi connectivity index (χ0) is 14.8. The van der Waals surface area contributed by atoms with Gasteiger partial charge in [-0.25, -0.2) is 0 Å². The molecule has 0 unspecified atom stereocenters. The van der Waals surface area contributed by atoms with Crippen molar-refractivity contribution in [3.05, 3.63) is 28.4 Å². The Bertz CT molecular complexity index is 535. The molecule has 3 rings (SSSR count). The number of aromatic nitrogens is 1. The van der Waals surface area contributed by atoms with Gasteiger partial charge in [-0.3, -0.25) is 4.79 Å². The first-order chi connectivity index (χ1) is 10.1. The minimum atomic E-state index is -0.507. The highest BCUT2D eigenvalue weighted by atomic mass is 16.6. The lowest BCUT2D eigenvalue weighted by Gasteiger charge is -2.39. The summed E-state index contributed by atoms with van der Waals surface area (Å²) in [6.07, 6.45) is 1.52. The van der Waals surface area contributed by atoms with Gasteiger partial charge in [0, 0.05) is 45.3 Å². The van der Waals surface area contributed by atoms with Crippen LogP contribution in [0.2, 0.25) is 0 Å². The fourth-order valence-electron chi connectivity index (χ4n) is 2.58. The van der Waals surface area contributed by atoms with Crippen LogP contribution >= 0.6 is 0 Å². The Morgan fingerprint density at radius 1 is 1.29 bits per heavy atom. The van der Waals surface area contributed by atoms with Gasteiger partial charge in [0.05, 0.1) is 11.6 Å². The monoisotopic (exact) mass is 291 g/mol. The second-order valence-electron chi connectivity index (χ2n) is 5.30. The molecule has 2 aliphatic rings. The van der Waals surface area contributed by atoms with E-state index in [1.807, 2.05) is 4.90 Å². The van der Waals surface area contributed by atoms with Crippen molar-refractivity contribution in [1.82, 2.24) is 15.2 Å². The van der Waals surface area contributed by atoms with Crippen LogP contribution in [0.5, 0.6) is 0 Å². The standard InChI is InChI=1S/C13H17N5O3/c19-13(10-7-14-8-10)17-5-3-16(4-6-17)11-1-2-12(15-9-11)18(20)21/h1-2,9-10,14H,3-8H2. The van der Waals surface area contributed by atoms with Crippen molar-refractivity contribution in [2.45, 2.75) is 0 Å². The number of carbonyl (C=O) groups excluding carboxylic acids is 1. The number of pyridine rings is 1. The third-order valence-corrected chi connectivity index (χ3v) is 4.01. The van der Waals surface area contributed by atoms with Gasteiger partial charge in [0.15, 0.2) is 6.20 Å². The average Bonchev–Trinajstić information content (AvgIpc) is 2.46. The molecule has 1 aromatic rings. The van der Waals surface area contributed by atoms with Gasteiger partial charge >= 0.3 is 5.82 Å². The second-order valence-corrected chi connectivity index (χ2v) is 5.30. The Balaban J connectivity index is 1.57. The van der Waals surface area contributed by atoms with Crippen LogP contribution in [0.4, 0.5) is 11.5 Å². The summed E-state index contributed by atoms with van der Waals surface area (Å²) in [6, 6.07) is 3.12. The average molecular weight is 291 g/mol. The molecule has 8 heteroatoms. The Morgan fingerprint density at radius 3 is 2.48 bits per heavy atom. The lowest BCUT2D eigenvalue weighted by molar-refractivity contribution is -0.389. The van der Waals surface area contributed by atoms with Crippen molar-refractivity contribution >= 4 is 17.4 Å². The van der Waals surface area contributed by atoms with Crippen molar-refractivity contribution in [3.63, 3.8) is 0 Å². The van der Waals surface area contributed by atoms with E-state index in [1.165, 1.54) is 12.3 Å². The molecule has 0 radical (unpaired) electrons. The lowest BCUT2D eigenvalue weighted by atomic mass is 10.0. The molecule has 0 atom stereocenters. The van der Waals surface area contributed by atoms with Gasteiger partial charge in [-0.15, -0.1) is 0 Å². The topological polar surface area (TPSA) is 91.6 Å². The van der Waals surface area contributed by atoms with Crippen molar-refractivity contribution in [2.75, 3.05) is 44.2 Å². The van der Waals surface area contributed by atoms with Crippen LogP contribution in [0.1, 0.15) is 0 Å². The molecular formula is C13H17N5O3. The fraction of sp³-hybridized carbons (Fsp3) is 0.538. The predicted molar refractivity (Wildman–Crippen MR) is 76.0 cm³/mol. The summed E-state index contributed by atoms with van der Waals surface area (Å²) in [7, 11) is 0. The van der Waals surface area contributed by atoms with Gasteiger partial charge in [0.1, 0.15) is 0 Å². The molecule has 1 amide bonds. The summed E-state index contributed by atoms with van der Waals surface area (Å²) < 4.78 is 0. The molecule has 0 aliphatic carbocycles. The maximum Gasteiger partial charge on any atom is 0.363 e. The van der Waals surface area contributed by atoms with E-state index in [-0.39, 0.29) is 17.6 Å². The summed E-state index contributed by atoms with van der Waals surface area (Å²) in [5.41, 5.74) is 0.859. The maximum absolute atomic E-state index is 12.1. The first kappa shape index (κ1) is 13.7. The summed E-state index contributed by atoms with van der Waals surface area (Å²) in [5, 5.41) is 13.7. The van der Waals surface area contributed by atoms with Crippen LogP contribution < -0.4 is 10.2 Å². The van der Waals surface area contributed by atoms with Crippen molar-refractivity contribution < 1.29 is 9.72 Å². The van der Waals surface area contributed by atoms with E-state index in [2.05, 4.69) is 15.2 Å². The third-order valence-electron chi connectivity index (χ3n) is 4.01. The molecule has 1 N–H and O–H groups in total. The Kier molecular flexibility index (Phi) is 3.70. The Morgan fingerprint density at radius 2 is 2.00 bits per heavy atom. The number of carbonyl (C=O) groups is 1. The van der Waals surface area contributed by atoms with Gasteiger partial charge in [-0.05, 0) is 16.0 Å². The number of rotatable bonds is 3. The third kappa shape index (κ3) is 2.80. The maximum atomic E-state index is 12.1. The van der Waals surface area contributed by atoms with Gasteiger partial charge in [0.25, 0.3) is 0 Å². The minimum Gasteiger partial charge on any atom is -0.365 e. The zero-order valence-electron chi connectivity index (χ0n) is 11.6. The first-order valence-electron chi connectivity index (χ1n) is 7.00. The van der Waals surface area contributed by atoms with Crippen molar-refractivity contribution in [2.24, 2.45) is 5.92 Å². The predicted octanol–water partition coefficient (Wildman–Crippen LogP) is -0.142. The quantitative estimate of drug-likeness (QED) is 0.615. The van der Waals surface area contributed by atoms with Crippen LogP contribution in [0.25, 0.3) is 0 Å². The van der Waals surface area contributed by atoms with Gasteiger partial charge in [-0.2, -0.15) is 0 Å². The lowest BCUT2D eigenvalue weighted by Crippen LogP contribution is -2.56. The van der Waals surface area contributed by atoms with Crippen LogP contribution in [0.3, 0.4) is 0 Å². The molecule has 0 saturated carbocycles. The molecule has 0 spiro atoms. The zero-order valence-corrected chi connectivity index (χ0v) is 11.6. The van der Waals surface area contributed by atoms with Gasteiger partial charge in [0.2, 0.25) is 5.91 Å². The molecule has 2 saturated heterocycles. The highest BCUT2D eigenvalue weighted by Crippen LogP contribution is 2.19. The number of anilines is 1. The van der Waals surface area contributed by atoms with Crippen LogP contribution in [0, 0.1) is 16.0 Å². The first-order valence-corrected chi connectivity index (χ1v) is 7.00. The summed E-state index contributed by atoms with van der Waals surface area (Å²) in [5.74, 6) is 0.220. The smallest absolute Gasteiger partial charge is 0.363 e. The van der Waals surface area contributed by atoms with E-state index in [4.69, 9.17) is 0 Å². The van der Waals surface area contributed by atoms with Gasteiger partial charge < -0.3 is 25.2 Å². The molecule has 8 nitrogen and oxygen atoms in total. The molecule has 2 aliphatic heterocycles. The van der Waals surface area contributed by atoms with Gasteiger partial charge in [-0.1, -0.05) is 0 Å². The van der Waals surface area contributed by atoms with Crippen molar-refractivity contribution in [1.29, 1.82) is 0 Å². The summed E-state index contributed by atoms with van der Waals surface area (Å²) >= 11 is 0. The molecule has 0 bridgehead atoms. The van der Waals surface area contributed by atoms with Crippen molar-refractivity contribution in [3.8, 4) is 0 Å². The summed E-state index contributed by atoms with van der Waals surface area (Å²) in [6.45, 7) is 4.39. The van der Waals surface area contributed by atoms with E-state index in [9.17, 15) is 14.9 Å². The second kappa shape index (κ2) is 5.65. The number of amides is 1. The Labute approximate surface area is 121 Å². The van der Waals surface area contributed by atoms with E-state index < -0.39 is 4.92 Å². The highest BCUT2D eigenvalue weighted by Gasteiger charge is 2.31. The Hall–Kier alpha value is -2.22. The highest BCUT2D eigenvalue weighted by molar-refractivity contribution is 5.80. The van der Waals surface area contributed by atoms with E-state index in [0.29, 0.717) is 13.1 Å². The number of nitro groups is 1. The fourth-order valence-corrected chi connectivity index (χ4v) is 2.58. The van der Waals surface area contributed by atoms with Crippen LogP contribution in [0.15, 0.2) is 18.3 Å². The number of hydrogen-bond donors (Lipinski definition) is 1.